The Labute approximate surface area is 170 Å². The van der Waals surface area contributed by atoms with E-state index in [1.54, 1.807) is 19.2 Å². The molecule has 1 aliphatic heterocycles. The maximum atomic E-state index is 12.5. The Kier molecular flexibility index (Phi) is 6.69. The van der Waals surface area contributed by atoms with E-state index in [0.29, 0.717) is 30.1 Å². The molecule has 1 fully saturated rings. The molecule has 1 aliphatic rings. The van der Waals surface area contributed by atoms with Gasteiger partial charge in [0.2, 0.25) is 0 Å². The molecule has 0 bridgehead atoms. The first kappa shape index (κ1) is 20.6. The summed E-state index contributed by atoms with van der Waals surface area (Å²) in [5.41, 5.74) is 1.96. The first-order valence-corrected chi connectivity index (χ1v) is 9.92. The third-order valence-electron chi connectivity index (χ3n) is 5.42. The predicted molar refractivity (Wildman–Crippen MR) is 113 cm³/mol. The maximum absolute atomic E-state index is 12.5. The van der Waals surface area contributed by atoms with Gasteiger partial charge in [0, 0.05) is 31.3 Å². The normalized spacial score (nSPS) is 14.5. The van der Waals surface area contributed by atoms with Crippen molar-refractivity contribution in [2.75, 3.05) is 31.6 Å². The molecule has 1 N–H and O–H groups in total. The number of benzene rings is 2. The van der Waals surface area contributed by atoms with Crippen LogP contribution in [-0.4, -0.2) is 37.6 Å². The average Bonchev–Trinajstić information content (AvgIpc) is 2.74. The van der Waals surface area contributed by atoms with Crippen LogP contribution in [0.15, 0.2) is 42.5 Å². The lowest BCUT2D eigenvalue weighted by atomic mass is 9.98. The van der Waals surface area contributed by atoms with Crippen LogP contribution in [0.25, 0.3) is 0 Å². The van der Waals surface area contributed by atoms with Gasteiger partial charge in [-0.25, -0.2) is 0 Å². The molecule has 0 spiro atoms. The van der Waals surface area contributed by atoms with E-state index in [4.69, 9.17) is 4.74 Å². The Morgan fingerprint density at radius 2 is 1.90 bits per heavy atom. The van der Waals surface area contributed by atoms with E-state index in [1.165, 1.54) is 6.07 Å². The van der Waals surface area contributed by atoms with Crippen LogP contribution in [0.3, 0.4) is 0 Å². The zero-order chi connectivity index (χ0) is 20.8. The standard InChI is InChI=1S/C22H27N3O4/c1-16-10-13-24(14-11-16)20-8-5-18(15-21(20)25(27)28)22(26)23-12-9-17-3-6-19(29-2)7-4-17/h3-8,15-16H,9-14H2,1-2H3,(H,23,26). The molecule has 0 unspecified atom stereocenters. The van der Waals surface area contributed by atoms with E-state index in [0.717, 1.165) is 37.2 Å². The summed E-state index contributed by atoms with van der Waals surface area (Å²) in [6.07, 6.45) is 2.71. The summed E-state index contributed by atoms with van der Waals surface area (Å²) in [6, 6.07) is 12.4. The number of nitro groups is 1. The van der Waals surface area contributed by atoms with E-state index in [9.17, 15) is 14.9 Å². The van der Waals surface area contributed by atoms with Gasteiger partial charge in [0.15, 0.2) is 0 Å². The van der Waals surface area contributed by atoms with Crippen LogP contribution in [0, 0.1) is 16.0 Å². The van der Waals surface area contributed by atoms with Crippen molar-refractivity contribution in [3.05, 3.63) is 63.7 Å². The minimum Gasteiger partial charge on any atom is -0.497 e. The van der Waals surface area contributed by atoms with Crippen LogP contribution in [-0.2, 0) is 6.42 Å². The van der Waals surface area contributed by atoms with Crippen molar-refractivity contribution in [1.82, 2.24) is 5.32 Å². The van der Waals surface area contributed by atoms with Crippen LogP contribution < -0.4 is 15.0 Å². The van der Waals surface area contributed by atoms with Gasteiger partial charge in [-0.2, -0.15) is 0 Å². The zero-order valence-corrected chi connectivity index (χ0v) is 16.9. The van der Waals surface area contributed by atoms with Gasteiger partial charge in [0.05, 0.1) is 12.0 Å². The molecule has 29 heavy (non-hydrogen) atoms. The summed E-state index contributed by atoms with van der Waals surface area (Å²) >= 11 is 0. The van der Waals surface area contributed by atoms with Gasteiger partial charge in [0.25, 0.3) is 11.6 Å². The minimum atomic E-state index is -0.401. The van der Waals surface area contributed by atoms with E-state index < -0.39 is 4.92 Å². The fourth-order valence-electron chi connectivity index (χ4n) is 3.54. The fraction of sp³-hybridized carbons (Fsp3) is 0.409. The molecular weight excluding hydrogens is 370 g/mol. The number of anilines is 1. The number of hydrogen-bond donors (Lipinski definition) is 1. The van der Waals surface area contributed by atoms with Gasteiger partial charge in [-0.15, -0.1) is 0 Å². The largest absolute Gasteiger partial charge is 0.497 e. The lowest BCUT2D eigenvalue weighted by Crippen LogP contribution is -2.33. The second-order valence-corrected chi connectivity index (χ2v) is 7.48. The second-order valence-electron chi connectivity index (χ2n) is 7.48. The number of nitrogens with one attached hydrogen (secondary N) is 1. The third kappa shape index (κ3) is 5.25. The van der Waals surface area contributed by atoms with Crippen molar-refractivity contribution < 1.29 is 14.5 Å². The highest BCUT2D eigenvalue weighted by Gasteiger charge is 2.24. The van der Waals surface area contributed by atoms with Crippen molar-refractivity contribution in [2.45, 2.75) is 26.2 Å². The van der Waals surface area contributed by atoms with E-state index in [-0.39, 0.29) is 11.6 Å². The summed E-state index contributed by atoms with van der Waals surface area (Å²) in [6.45, 7) is 4.25. The van der Waals surface area contributed by atoms with Gasteiger partial charge in [0.1, 0.15) is 11.4 Å². The maximum Gasteiger partial charge on any atom is 0.293 e. The lowest BCUT2D eigenvalue weighted by Gasteiger charge is -2.31. The fourth-order valence-corrected chi connectivity index (χ4v) is 3.54. The molecule has 7 nitrogen and oxygen atoms in total. The van der Waals surface area contributed by atoms with Crippen molar-refractivity contribution in [2.24, 2.45) is 5.92 Å². The summed E-state index contributed by atoms with van der Waals surface area (Å²) in [5.74, 6) is 1.12. The number of amides is 1. The molecule has 1 heterocycles. The van der Waals surface area contributed by atoms with Gasteiger partial charge < -0.3 is 15.0 Å². The van der Waals surface area contributed by atoms with Gasteiger partial charge >= 0.3 is 0 Å². The SMILES string of the molecule is COc1ccc(CCNC(=O)c2ccc(N3CCC(C)CC3)c([N+](=O)[O-])c2)cc1. The average molecular weight is 397 g/mol. The molecule has 7 heteroatoms. The number of rotatable bonds is 7. The number of ether oxygens (including phenoxy) is 1. The molecule has 0 saturated carbocycles. The quantitative estimate of drug-likeness (QED) is 0.567. The summed E-state index contributed by atoms with van der Waals surface area (Å²) in [4.78, 5) is 25.7. The van der Waals surface area contributed by atoms with E-state index in [1.807, 2.05) is 29.2 Å². The van der Waals surface area contributed by atoms with Crippen molar-refractivity contribution in [3.8, 4) is 5.75 Å². The van der Waals surface area contributed by atoms with Gasteiger partial charge in [-0.3, -0.25) is 14.9 Å². The molecule has 1 saturated heterocycles. The summed E-state index contributed by atoms with van der Waals surface area (Å²) < 4.78 is 5.13. The molecule has 1 amide bonds. The molecule has 0 radical (unpaired) electrons. The number of nitrogens with zero attached hydrogens (tertiary/aromatic N) is 2. The summed E-state index contributed by atoms with van der Waals surface area (Å²) in [5, 5.41) is 14.4. The number of methoxy groups -OCH3 is 1. The Hall–Kier alpha value is -3.09. The van der Waals surface area contributed by atoms with Crippen molar-refractivity contribution in [1.29, 1.82) is 0 Å². The van der Waals surface area contributed by atoms with Crippen LogP contribution in [0.5, 0.6) is 5.75 Å². The Morgan fingerprint density at radius 1 is 1.21 bits per heavy atom. The topological polar surface area (TPSA) is 84.7 Å². The smallest absolute Gasteiger partial charge is 0.293 e. The summed E-state index contributed by atoms with van der Waals surface area (Å²) in [7, 11) is 1.62. The zero-order valence-electron chi connectivity index (χ0n) is 16.9. The van der Waals surface area contributed by atoms with Crippen molar-refractivity contribution >= 4 is 17.3 Å². The molecule has 2 aromatic rings. The highest BCUT2D eigenvalue weighted by Crippen LogP contribution is 2.32. The molecule has 0 aliphatic carbocycles. The number of hydrogen-bond acceptors (Lipinski definition) is 5. The Bertz CT molecular complexity index is 859. The number of carbonyl (C=O) groups is 1. The molecule has 3 rings (SSSR count). The van der Waals surface area contributed by atoms with E-state index in [2.05, 4.69) is 12.2 Å². The minimum absolute atomic E-state index is 0.0117. The molecule has 2 aromatic carbocycles. The first-order chi connectivity index (χ1) is 14.0. The van der Waals surface area contributed by atoms with Crippen LogP contribution >= 0.6 is 0 Å². The van der Waals surface area contributed by atoms with Crippen LogP contribution in [0.4, 0.5) is 11.4 Å². The Balaban J connectivity index is 1.63. The lowest BCUT2D eigenvalue weighted by molar-refractivity contribution is -0.384. The van der Waals surface area contributed by atoms with Crippen LogP contribution in [0.1, 0.15) is 35.7 Å². The predicted octanol–water partition coefficient (Wildman–Crippen LogP) is 3.81. The van der Waals surface area contributed by atoms with Crippen molar-refractivity contribution in [3.63, 3.8) is 0 Å². The molecule has 0 aromatic heterocycles. The molecule has 0 atom stereocenters. The van der Waals surface area contributed by atoms with Crippen LogP contribution in [0.2, 0.25) is 0 Å². The third-order valence-corrected chi connectivity index (χ3v) is 5.42. The van der Waals surface area contributed by atoms with Gasteiger partial charge in [-0.05, 0) is 55.0 Å². The highest BCUT2D eigenvalue weighted by atomic mass is 16.6. The molecule has 154 valence electrons. The monoisotopic (exact) mass is 397 g/mol. The highest BCUT2D eigenvalue weighted by molar-refractivity contribution is 5.95. The van der Waals surface area contributed by atoms with Gasteiger partial charge in [-0.1, -0.05) is 19.1 Å². The number of piperidine rings is 1. The number of nitro benzene ring substituents is 1. The second kappa shape index (κ2) is 9.41. The Morgan fingerprint density at radius 3 is 2.52 bits per heavy atom. The molecular formula is C22H27N3O4. The van der Waals surface area contributed by atoms with E-state index >= 15 is 0 Å². The first-order valence-electron chi connectivity index (χ1n) is 9.92. The number of carbonyl (C=O) groups excluding carboxylic acids is 1.